The molecule has 1 aromatic heterocycles. The van der Waals surface area contributed by atoms with Crippen molar-refractivity contribution in [3.05, 3.63) is 16.3 Å². The van der Waals surface area contributed by atoms with Gasteiger partial charge >= 0.3 is 5.76 Å². The van der Waals surface area contributed by atoms with Crippen molar-refractivity contribution in [3.63, 3.8) is 0 Å². The molecule has 0 aromatic carbocycles. The van der Waals surface area contributed by atoms with Gasteiger partial charge < -0.3 is 11.1 Å². The Balaban J connectivity index is 2.16. The van der Waals surface area contributed by atoms with E-state index in [0.29, 0.717) is 0 Å². The molecule has 130 valence electrons. The molecule has 3 N–H and O–H groups in total. The van der Waals surface area contributed by atoms with Crippen LogP contribution in [0.25, 0.3) is 0 Å². The minimum Gasteiger partial charge on any atom is -0.347 e. The Hall–Kier alpha value is -1.06. The van der Waals surface area contributed by atoms with Gasteiger partial charge in [0.05, 0.1) is 4.90 Å². The van der Waals surface area contributed by atoms with Crippen molar-refractivity contribution >= 4 is 27.1 Å². The highest BCUT2D eigenvalue weighted by molar-refractivity contribution is 7.92. The number of hydrogen-bond donors (Lipinski definition) is 2. The molecule has 0 saturated heterocycles. The average Bonchev–Trinajstić information content (AvgIpc) is 3.03. The third-order valence-electron chi connectivity index (χ3n) is 4.17. The smallest absolute Gasteiger partial charge is 0.341 e. The van der Waals surface area contributed by atoms with Gasteiger partial charge in [0.1, 0.15) is 4.88 Å². The molecule has 1 aliphatic carbocycles. The number of rotatable bonds is 6. The summed E-state index contributed by atoms with van der Waals surface area (Å²) in [5.74, 6) is -3.96. The number of carbonyl (C=O) groups excluding carboxylic acids is 1. The fourth-order valence-corrected chi connectivity index (χ4v) is 4.99. The van der Waals surface area contributed by atoms with E-state index >= 15 is 0 Å². The SMILES string of the molecule is NCC(NC(=O)c1sccc1S(=O)(=O)C(F)F)C1CCCCC1. The first-order chi connectivity index (χ1) is 10.9. The largest absolute Gasteiger partial charge is 0.347 e. The lowest BCUT2D eigenvalue weighted by atomic mass is 9.84. The number of carbonyl (C=O) groups is 1. The number of halogens is 2. The number of hydrogen-bond acceptors (Lipinski definition) is 5. The van der Waals surface area contributed by atoms with Crippen molar-refractivity contribution in [1.82, 2.24) is 5.32 Å². The molecule has 23 heavy (non-hydrogen) atoms. The van der Waals surface area contributed by atoms with E-state index in [1.165, 1.54) is 5.38 Å². The summed E-state index contributed by atoms with van der Waals surface area (Å²) in [5, 5.41) is 4.05. The van der Waals surface area contributed by atoms with Crippen LogP contribution in [-0.2, 0) is 9.84 Å². The predicted molar refractivity (Wildman–Crippen MR) is 84.4 cm³/mol. The van der Waals surface area contributed by atoms with Crippen molar-refractivity contribution in [2.45, 2.75) is 48.8 Å². The van der Waals surface area contributed by atoms with E-state index in [2.05, 4.69) is 5.32 Å². The standard InChI is InChI=1S/C14H20F2N2O3S2/c15-14(16)23(20,21)11-6-7-22-12(11)13(19)18-10(8-17)9-4-2-1-3-5-9/h6-7,9-10,14H,1-5,8,17H2,(H,18,19). The number of thiophene rings is 1. The predicted octanol–water partition coefficient (Wildman–Crippen LogP) is 2.38. The molecule has 0 aliphatic heterocycles. The number of nitrogens with one attached hydrogen (secondary N) is 1. The van der Waals surface area contributed by atoms with Crippen LogP contribution in [-0.4, -0.2) is 32.7 Å². The van der Waals surface area contributed by atoms with Gasteiger partial charge in [-0.2, -0.15) is 8.78 Å². The second kappa shape index (κ2) is 7.67. The van der Waals surface area contributed by atoms with Crippen molar-refractivity contribution < 1.29 is 22.0 Å². The Labute approximate surface area is 138 Å². The molecule has 1 aliphatic rings. The molecule has 1 fully saturated rings. The molecular weight excluding hydrogens is 346 g/mol. The summed E-state index contributed by atoms with van der Waals surface area (Å²) in [7, 11) is -4.79. The van der Waals surface area contributed by atoms with E-state index in [1.807, 2.05) is 0 Å². The Morgan fingerprint density at radius 2 is 2.00 bits per heavy atom. The first kappa shape index (κ1) is 18.3. The minimum atomic E-state index is -4.79. The zero-order chi connectivity index (χ0) is 17.0. The van der Waals surface area contributed by atoms with Gasteiger partial charge in [0.25, 0.3) is 5.91 Å². The fraction of sp³-hybridized carbons (Fsp3) is 0.643. The van der Waals surface area contributed by atoms with Crippen LogP contribution in [0.15, 0.2) is 16.3 Å². The van der Waals surface area contributed by atoms with Crippen LogP contribution in [0.3, 0.4) is 0 Å². The van der Waals surface area contributed by atoms with Crippen molar-refractivity contribution in [2.24, 2.45) is 11.7 Å². The van der Waals surface area contributed by atoms with Crippen molar-refractivity contribution in [2.75, 3.05) is 6.54 Å². The molecule has 1 saturated carbocycles. The van der Waals surface area contributed by atoms with Crippen LogP contribution >= 0.6 is 11.3 Å². The van der Waals surface area contributed by atoms with Gasteiger partial charge in [-0.05, 0) is 30.2 Å². The molecule has 0 bridgehead atoms. The highest BCUT2D eigenvalue weighted by Crippen LogP contribution is 2.29. The van der Waals surface area contributed by atoms with Gasteiger partial charge in [-0.1, -0.05) is 19.3 Å². The second-order valence-electron chi connectivity index (χ2n) is 5.63. The lowest BCUT2D eigenvalue weighted by Gasteiger charge is -2.30. The van der Waals surface area contributed by atoms with E-state index < -0.39 is 26.4 Å². The van der Waals surface area contributed by atoms with Gasteiger partial charge in [-0.3, -0.25) is 4.79 Å². The zero-order valence-corrected chi connectivity index (χ0v) is 14.1. The number of sulfone groups is 1. The van der Waals surface area contributed by atoms with Crippen LogP contribution in [0.2, 0.25) is 0 Å². The maximum absolute atomic E-state index is 12.7. The van der Waals surface area contributed by atoms with E-state index in [4.69, 9.17) is 5.73 Å². The highest BCUT2D eigenvalue weighted by atomic mass is 32.2. The third kappa shape index (κ3) is 4.07. The molecule has 1 aromatic rings. The van der Waals surface area contributed by atoms with Crippen LogP contribution in [0.5, 0.6) is 0 Å². The molecule has 5 nitrogen and oxygen atoms in total. The summed E-state index contributed by atoms with van der Waals surface area (Å²) in [6.07, 6.45) is 5.20. The van der Waals surface area contributed by atoms with E-state index in [0.717, 1.165) is 49.5 Å². The highest BCUT2D eigenvalue weighted by Gasteiger charge is 2.33. The van der Waals surface area contributed by atoms with E-state index in [9.17, 15) is 22.0 Å². The molecule has 1 amide bonds. The molecule has 9 heteroatoms. The number of nitrogens with two attached hydrogens (primary N) is 1. The Bertz CT molecular complexity index is 640. The summed E-state index contributed by atoms with van der Waals surface area (Å²) in [6.45, 7) is 0.235. The monoisotopic (exact) mass is 366 g/mol. The lowest BCUT2D eigenvalue weighted by Crippen LogP contribution is -2.46. The normalized spacial score (nSPS) is 18.1. The molecule has 1 atom stereocenters. The molecule has 1 unspecified atom stereocenters. The maximum Gasteiger partial charge on any atom is 0.341 e. The molecule has 0 radical (unpaired) electrons. The van der Waals surface area contributed by atoms with E-state index in [-0.39, 0.29) is 23.4 Å². The number of alkyl halides is 2. The average molecular weight is 366 g/mol. The lowest BCUT2D eigenvalue weighted by molar-refractivity contribution is 0.0916. The van der Waals surface area contributed by atoms with Crippen molar-refractivity contribution in [1.29, 1.82) is 0 Å². The third-order valence-corrected chi connectivity index (χ3v) is 6.63. The first-order valence-corrected chi connectivity index (χ1v) is 9.91. The number of amides is 1. The van der Waals surface area contributed by atoms with Crippen molar-refractivity contribution in [3.8, 4) is 0 Å². The molecule has 1 heterocycles. The summed E-state index contributed by atoms with van der Waals surface area (Å²) in [6, 6.07) is 0.770. The minimum absolute atomic E-state index is 0.209. The van der Waals surface area contributed by atoms with Gasteiger partial charge in [0.2, 0.25) is 9.84 Å². The fourth-order valence-electron chi connectivity index (χ4n) is 2.92. The Morgan fingerprint density at radius 3 is 2.57 bits per heavy atom. The Morgan fingerprint density at radius 1 is 1.35 bits per heavy atom. The molecule has 2 rings (SSSR count). The van der Waals surface area contributed by atoms with Gasteiger partial charge in [-0.25, -0.2) is 8.42 Å². The van der Waals surface area contributed by atoms with Crippen LogP contribution < -0.4 is 11.1 Å². The summed E-state index contributed by atoms with van der Waals surface area (Å²) >= 11 is 0.836. The summed E-state index contributed by atoms with van der Waals surface area (Å²) in [5.41, 5.74) is 5.73. The van der Waals surface area contributed by atoms with Gasteiger partial charge in [0.15, 0.2) is 0 Å². The second-order valence-corrected chi connectivity index (χ2v) is 8.44. The van der Waals surface area contributed by atoms with Crippen LogP contribution in [0.1, 0.15) is 41.8 Å². The maximum atomic E-state index is 12.7. The Kier molecular flexibility index (Phi) is 6.10. The topological polar surface area (TPSA) is 89.3 Å². The van der Waals surface area contributed by atoms with Gasteiger partial charge in [-0.15, -0.1) is 11.3 Å². The summed E-state index contributed by atoms with van der Waals surface area (Å²) in [4.78, 5) is 11.5. The summed E-state index contributed by atoms with van der Waals surface area (Å²) < 4.78 is 48.7. The van der Waals surface area contributed by atoms with Crippen LogP contribution in [0.4, 0.5) is 8.78 Å². The molecule has 0 spiro atoms. The van der Waals surface area contributed by atoms with Gasteiger partial charge in [0, 0.05) is 12.6 Å². The quantitative estimate of drug-likeness (QED) is 0.809. The van der Waals surface area contributed by atoms with Crippen LogP contribution in [0, 0.1) is 5.92 Å². The first-order valence-electron chi connectivity index (χ1n) is 7.48. The molecular formula is C14H20F2N2O3S2. The zero-order valence-electron chi connectivity index (χ0n) is 12.5. The van der Waals surface area contributed by atoms with E-state index in [1.54, 1.807) is 0 Å².